The van der Waals surface area contributed by atoms with Crippen molar-refractivity contribution < 1.29 is 1.43 Å². The molecule has 0 aliphatic rings. The van der Waals surface area contributed by atoms with E-state index in [0.29, 0.717) is 5.92 Å². The van der Waals surface area contributed by atoms with Gasteiger partial charge in [-0.15, -0.1) is 0 Å². The van der Waals surface area contributed by atoms with Crippen LogP contribution in [0.25, 0.3) is 11.0 Å². The first-order valence-electron chi connectivity index (χ1n) is 4.08. The molecule has 64 valence electrons. The van der Waals surface area contributed by atoms with Crippen LogP contribution >= 0.6 is 0 Å². The van der Waals surface area contributed by atoms with Gasteiger partial charge in [-0.3, -0.25) is 0 Å². The molecule has 3 nitrogen and oxygen atoms in total. The van der Waals surface area contributed by atoms with Crippen molar-refractivity contribution in [3.63, 3.8) is 0 Å². The molecule has 0 saturated heterocycles. The van der Waals surface area contributed by atoms with Crippen molar-refractivity contribution in [3.8, 4) is 0 Å². The minimum Gasteiger partial charge on any atom is -0.197 e. The lowest BCUT2D eigenvalue weighted by Gasteiger charge is -2.02. The number of hydrogen-bond donors (Lipinski definition) is 1. The smallest absolute Gasteiger partial charge is 0.113 e. The summed E-state index contributed by atoms with van der Waals surface area (Å²) in [5.41, 5.74) is 3.18. The highest BCUT2D eigenvalue weighted by atomic mass is 15.3. The van der Waals surface area contributed by atoms with Crippen molar-refractivity contribution >= 4 is 11.0 Å². The quantitative estimate of drug-likeness (QED) is 0.701. The third kappa shape index (κ3) is 1.07. The summed E-state index contributed by atoms with van der Waals surface area (Å²) in [6.45, 7) is 4.34. The van der Waals surface area contributed by atoms with E-state index in [-0.39, 0.29) is 1.43 Å². The van der Waals surface area contributed by atoms with Gasteiger partial charge in [0.1, 0.15) is 11.0 Å². The highest BCUT2D eigenvalue weighted by Gasteiger charge is 2.02. The molecule has 1 aromatic carbocycles. The third-order valence-electron chi connectivity index (χ3n) is 2.01. The number of fused-ring (bicyclic) bond motifs is 1. The van der Waals surface area contributed by atoms with Gasteiger partial charge in [0.15, 0.2) is 0 Å². The number of benzene rings is 1. The van der Waals surface area contributed by atoms with Gasteiger partial charge in [-0.25, -0.2) is 0 Å². The van der Waals surface area contributed by atoms with Crippen molar-refractivity contribution in [1.29, 1.82) is 0 Å². The number of nitrogens with zero attached hydrogens (tertiary/aromatic N) is 2. The van der Waals surface area contributed by atoms with E-state index in [9.17, 15) is 0 Å². The van der Waals surface area contributed by atoms with Crippen LogP contribution in [0.1, 0.15) is 26.8 Å². The van der Waals surface area contributed by atoms with Gasteiger partial charge in [0.05, 0.1) is 0 Å². The Morgan fingerprint density at radius 3 is 2.75 bits per heavy atom. The van der Waals surface area contributed by atoms with Crippen LogP contribution in [-0.4, -0.2) is 15.4 Å². The van der Waals surface area contributed by atoms with Crippen molar-refractivity contribution in [1.82, 2.24) is 15.4 Å². The van der Waals surface area contributed by atoms with Crippen LogP contribution in [0, 0.1) is 0 Å². The Morgan fingerprint density at radius 1 is 1.25 bits per heavy atom. The van der Waals surface area contributed by atoms with Gasteiger partial charge in [-0.05, 0) is 23.6 Å². The number of rotatable bonds is 1. The van der Waals surface area contributed by atoms with Gasteiger partial charge >= 0.3 is 0 Å². The molecule has 0 fully saturated rings. The molecule has 12 heavy (non-hydrogen) atoms. The molecule has 0 bridgehead atoms. The molecule has 0 radical (unpaired) electrons. The van der Waals surface area contributed by atoms with E-state index in [1.807, 2.05) is 6.07 Å². The average Bonchev–Trinajstić information content (AvgIpc) is 2.49. The van der Waals surface area contributed by atoms with E-state index in [4.69, 9.17) is 0 Å². The van der Waals surface area contributed by atoms with E-state index in [2.05, 4.69) is 41.4 Å². The summed E-state index contributed by atoms with van der Waals surface area (Å²) in [7, 11) is 0. The highest BCUT2D eigenvalue weighted by Crippen LogP contribution is 2.17. The standard InChI is InChI=1S/C9H11N3.H2/c1-6(2)7-3-4-8-9(5-7)11-12-10-8;/h3-6H,1-2H3,(H,10,11,12);1H. The molecule has 0 atom stereocenters. The minimum absolute atomic E-state index is 0. The van der Waals surface area contributed by atoms with Crippen LogP contribution in [0.2, 0.25) is 0 Å². The second-order valence-electron chi connectivity index (χ2n) is 3.23. The van der Waals surface area contributed by atoms with Gasteiger partial charge in [-0.1, -0.05) is 19.9 Å². The molecule has 0 amide bonds. The first-order chi connectivity index (χ1) is 5.77. The minimum atomic E-state index is 0. The summed E-state index contributed by atoms with van der Waals surface area (Å²) in [5.74, 6) is 0.547. The summed E-state index contributed by atoms with van der Waals surface area (Å²) in [4.78, 5) is 0. The summed E-state index contributed by atoms with van der Waals surface area (Å²) in [6.07, 6.45) is 0. The second kappa shape index (κ2) is 2.59. The third-order valence-corrected chi connectivity index (χ3v) is 2.01. The van der Waals surface area contributed by atoms with Crippen LogP contribution in [-0.2, 0) is 0 Å². The Morgan fingerprint density at radius 2 is 2.00 bits per heavy atom. The first-order valence-corrected chi connectivity index (χ1v) is 4.08. The van der Waals surface area contributed by atoms with Crippen molar-refractivity contribution in [2.45, 2.75) is 19.8 Å². The van der Waals surface area contributed by atoms with Gasteiger partial charge < -0.3 is 0 Å². The zero-order chi connectivity index (χ0) is 8.55. The molecular weight excluding hydrogens is 150 g/mol. The van der Waals surface area contributed by atoms with Gasteiger partial charge in [-0.2, -0.15) is 15.4 Å². The number of aromatic amines is 1. The number of aromatic nitrogens is 3. The van der Waals surface area contributed by atoms with Gasteiger partial charge in [0, 0.05) is 1.43 Å². The molecule has 0 unspecified atom stereocenters. The number of H-pyrrole nitrogens is 1. The zero-order valence-electron chi connectivity index (χ0n) is 7.20. The summed E-state index contributed by atoms with van der Waals surface area (Å²) >= 11 is 0. The Kier molecular flexibility index (Phi) is 1.57. The first kappa shape index (κ1) is 7.28. The molecule has 2 rings (SSSR count). The Bertz CT molecular complexity index is 394. The number of nitrogens with one attached hydrogen (secondary N) is 1. The molecule has 2 aromatic rings. The fraction of sp³-hybridized carbons (Fsp3) is 0.333. The average molecular weight is 163 g/mol. The monoisotopic (exact) mass is 163 g/mol. The lowest BCUT2D eigenvalue weighted by atomic mass is 10.0. The second-order valence-corrected chi connectivity index (χ2v) is 3.23. The Balaban J connectivity index is 0.000000845. The Hall–Kier alpha value is -1.38. The van der Waals surface area contributed by atoms with Crippen LogP contribution in [0.15, 0.2) is 18.2 Å². The topological polar surface area (TPSA) is 41.6 Å². The maximum atomic E-state index is 4.03. The van der Waals surface area contributed by atoms with Crippen LogP contribution in [0.4, 0.5) is 0 Å². The van der Waals surface area contributed by atoms with Crippen molar-refractivity contribution in [2.75, 3.05) is 0 Å². The van der Waals surface area contributed by atoms with E-state index in [1.165, 1.54) is 5.56 Å². The maximum absolute atomic E-state index is 4.03. The fourth-order valence-corrected chi connectivity index (χ4v) is 1.22. The Labute approximate surface area is 72.3 Å². The van der Waals surface area contributed by atoms with E-state index >= 15 is 0 Å². The summed E-state index contributed by atoms with van der Waals surface area (Å²) < 4.78 is 0. The lowest BCUT2D eigenvalue weighted by molar-refractivity contribution is 0.868. The molecule has 0 aliphatic carbocycles. The zero-order valence-corrected chi connectivity index (χ0v) is 7.20. The van der Waals surface area contributed by atoms with E-state index < -0.39 is 0 Å². The molecule has 1 aromatic heterocycles. The van der Waals surface area contributed by atoms with Crippen LogP contribution in [0.3, 0.4) is 0 Å². The van der Waals surface area contributed by atoms with Gasteiger partial charge in [0.25, 0.3) is 0 Å². The molecule has 1 heterocycles. The largest absolute Gasteiger partial charge is 0.197 e. The molecule has 0 spiro atoms. The molecular formula is C9H13N3. The lowest BCUT2D eigenvalue weighted by Crippen LogP contribution is -1.85. The molecule has 0 saturated carbocycles. The maximum Gasteiger partial charge on any atom is 0.113 e. The predicted molar refractivity (Wildman–Crippen MR) is 50.1 cm³/mol. The van der Waals surface area contributed by atoms with Crippen molar-refractivity contribution in [3.05, 3.63) is 23.8 Å². The predicted octanol–water partition coefficient (Wildman–Crippen LogP) is 2.33. The molecule has 1 N–H and O–H groups in total. The van der Waals surface area contributed by atoms with Gasteiger partial charge in [0.2, 0.25) is 0 Å². The van der Waals surface area contributed by atoms with Crippen LogP contribution in [0.5, 0.6) is 0 Å². The molecule has 0 aliphatic heterocycles. The van der Waals surface area contributed by atoms with Crippen LogP contribution < -0.4 is 0 Å². The fourth-order valence-electron chi connectivity index (χ4n) is 1.22. The SMILES string of the molecule is CC(C)c1ccc2n[nH]nc2c1.[HH]. The summed E-state index contributed by atoms with van der Waals surface area (Å²) in [6, 6.07) is 6.16. The van der Waals surface area contributed by atoms with Crippen molar-refractivity contribution in [2.24, 2.45) is 0 Å². The molecule has 3 heteroatoms. The van der Waals surface area contributed by atoms with E-state index in [0.717, 1.165) is 11.0 Å². The van der Waals surface area contributed by atoms with E-state index in [1.54, 1.807) is 0 Å². The number of hydrogen-bond acceptors (Lipinski definition) is 2. The normalized spacial score (nSPS) is 11.2. The summed E-state index contributed by atoms with van der Waals surface area (Å²) in [5, 5.41) is 10.6. The highest BCUT2D eigenvalue weighted by molar-refractivity contribution is 5.74.